The zero-order valence-corrected chi connectivity index (χ0v) is 28.0. The number of H-pyrrole nitrogens is 1. The van der Waals surface area contributed by atoms with Crippen molar-refractivity contribution in [1.82, 2.24) is 25.7 Å². The third-order valence-corrected chi connectivity index (χ3v) is 11.4. The first-order valence-electron chi connectivity index (χ1n) is 17.3. The zero-order chi connectivity index (χ0) is 33.0. The molecule has 3 aliphatic carbocycles. The Morgan fingerprint density at radius 3 is 2.47 bits per heavy atom. The van der Waals surface area contributed by atoms with Crippen molar-refractivity contribution in [3.8, 4) is 5.75 Å². The van der Waals surface area contributed by atoms with E-state index in [1.807, 2.05) is 18.2 Å². The lowest BCUT2D eigenvalue weighted by atomic mass is 9.78. The Kier molecular flexibility index (Phi) is 10.4. The van der Waals surface area contributed by atoms with E-state index < -0.39 is 34.8 Å². The fourth-order valence-electron chi connectivity index (χ4n) is 7.69. The average molecular weight is 666 g/mol. The van der Waals surface area contributed by atoms with Crippen LogP contribution in [0, 0.1) is 11.8 Å². The molecule has 1 saturated heterocycles. The third-order valence-electron chi connectivity index (χ3n) is 10.4. The van der Waals surface area contributed by atoms with Gasteiger partial charge in [-0.3, -0.25) is 28.7 Å². The van der Waals surface area contributed by atoms with Crippen molar-refractivity contribution >= 4 is 52.3 Å². The molecule has 11 nitrogen and oxygen atoms in total. The number of carbonyl (C=O) groups is 5. The van der Waals surface area contributed by atoms with Gasteiger partial charge in [0.05, 0.1) is 13.2 Å². The largest absolute Gasteiger partial charge is 0.496 e. The number of fused-ring (bicyclic) bond motifs is 1. The number of rotatable bonds is 13. The minimum absolute atomic E-state index is 0.0162. The van der Waals surface area contributed by atoms with E-state index in [1.165, 1.54) is 6.42 Å². The fourth-order valence-corrected chi connectivity index (χ4v) is 8.59. The third kappa shape index (κ3) is 8.13. The summed E-state index contributed by atoms with van der Waals surface area (Å²) in [5, 5.41) is 8.94. The molecule has 2 unspecified atom stereocenters. The molecule has 1 aromatic heterocycles. The van der Waals surface area contributed by atoms with Gasteiger partial charge < -0.3 is 25.7 Å². The Balaban J connectivity index is 1.17. The van der Waals surface area contributed by atoms with E-state index in [0.717, 1.165) is 93.5 Å². The Labute approximate surface area is 280 Å². The van der Waals surface area contributed by atoms with Gasteiger partial charge in [0.1, 0.15) is 16.7 Å². The number of aromatic nitrogens is 1. The molecular weight excluding hydrogens is 618 g/mol. The van der Waals surface area contributed by atoms with E-state index in [1.54, 1.807) is 13.2 Å². The molecule has 0 radical (unpaired) electrons. The van der Waals surface area contributed by atoms with Gasteiger partial charge in [0, 0.05) is 28.4 Å². The van der Waals surface area contributed by atoms with Gasteiger partial charge in [-0.2, -0.15) is 0 Å². The van der Waals surface area contributed by atoms with Gasteiger partial charge in [-0.1, -0.05) is 57.4 Å². The Morgan fingerprint density at radius 1 is 1.00 bits per heavy atom. The molecule has 1 aliphatic heterocycles. The van der Waals surface area contributed by atoms with Gasteiger partial charge >= 0.3 is 0 Å². The van der Waals surface area contributed by atoms with E-state index in [0.29, 0.717) is 30.2 Å². The molecular formula is C35H47N5O6S. The predicted molar refractivity (Wildman–Crippen MR) is 180 cm³/mol. The molecule has 2 heterocycles. The topological polar surface area (TPSA) is 158 Å². The summed E-state index contributed by atoms with van der Waals surface area (Å²) in [7, 11) is 1.58. The van der Waals surface area contributed by atoms with Crippen molar-refractivity contribution in [2.24, 2.45) is 11.8 Å². The maximum Gasteiger partial charge on any atom is 0.289 e. The quantitative estimate of drug-likeness (QED) is 0.156. The summed E-state index contributed by atoms with van der Waals surface area (Å²) in [6, 6.07) is 6.09. The Bertz CT molecular complexity index is 1490. The second kappa shape index (κ2) is 14.7. The predicted octanol–water partition coefficient (Wildman–Crippen LogP) is 4.46. The van der Waals surface area contributed by atoms with Gasteiger partial charge in [-0.25, -0.2) is 0 Å². The number of benzene rings is 1. The number of carbonyl (C=O) groups excluding carboxylic acids is 5. The van der Waals surface area contributed by atoms with E-state index in [-0.39, 0.29) is 29.8 Å². The highest BCUT2D eigenvalue weighted by Gasteiger charge is 2.46. The summed E-state index contributed by atoms with van der Waals surface area (Å²) in [6.07, 6.45) is 13.2. The lowest BCUT2D eigenvalue weighted by Crippen LogP contribution is -2.51. The molecule has 4 amide bonds. The van der Waals surface area contributed by atoms with Crippen LogP contribution in [0.1, 0.15) is 107 Å². The van der Waals surface area contributed by atoms with Crippen LogP contribution in [-0.4, -0.2) is 64.4 Å². The molecule has 2 aromatic rings. The molecule has 1 aromatic carbocycles. The van der Waals surface area contributed by atoms with Gasteiger partial charge in [0.15, 0.2) is 0 Å². The van der Waals surface area contributed by atoms with E-state index in [2.05, 4.69) is 25.7 Å². The van der Waals surface area contributed by atoms with Crippen LogP contribution in [0.3, 0.4) is 0 Å². The first-order valence-corrected chi connectivity index (χ1v) is 18.2. The number of methoxy groups -OCH3 is 1. The second-order valence-electron chi connectivity index (χ2n) is 14.0. The average Bonchev–Trinajstić information content (AvgIpc) is 3.70. The van der Waals surface area contributed by atoms with Crippen LogP contribution in [0.4, 0.5) is 0 Å². The number of Topliss-reactive ketones (excluding diaryl/α,β-unsaturated/α-hetero) is 1. The molecule has 4 fully saturated rings. The first kappa shape index (κ1) is 33.4. The monoisotopic (exact) mass is 665 g/mol. The summed E-state index contributed by atoms with van der Waals surface area (Å²) < 4.78 is 8.29. The van der Waals surface area contributed by atoms with Crippen LogP contribution in [0.25, 0.3) is 10.9 Å². The van der Waals surface area contributed by atoms with Gasteiger partial charge in [-0.05, 0) is 81.0 Å². The lowest BCUT2D eigenvalue weighted by Gasteiger charge is -2.33. The Hall–Kier alpha value is -3.54. The minimum Gasteiger partial charge on any atom is -0.496 e. The van der Waals surface area contributed by atoms with Gasteiger partial charge in [-0.15, -0.1) is 0 Å². The van der Waals surface area contributed by atoms with Crippen LogP contribution < -0.4 is 25.4 Å². The van der Waals surface area contributed by atoms with E-state index >= 15 is 0 Å². The number of aromatic amines is 1. The number of amides is 4. The highest BCUT2D eigenvalue weighted by Crippen LogP contribution is 2.39. The van der Waals surface area contributed by atoms with E-state index in [9.17, 15) is 24.0 Å². The maximum absolute atomic E-state index is 14.0. The number of ether oxygens (including phenoxy) is 1. The van der Waals surface area contributed by atoms with E-state index in [4.69, 9.17) is 4.74 Å². The number of nitrogens with one attached hydrogen (secondary N) is 5. The van der Waals surface area contributed by atoms with Crippen LogP contribution >= 0.6 is 11.9 Å². The maximum atomic E-state index is 14.0. The molecule has 4 aliphatic rings. The number of hydrogen-bond donors (Lipinski definition) is 5. The van der Waals surface area contributed by atoms with Crippen LogP contribution in [0.15, 0.2) is 24.3 Å². The van der Waals surface area contributed by atoms with Crippen molar-refractivity contribution in [3.05, 3.63) is 30.0 Å². The van der Waals surface area contributed by atoms with Crippen molar-refractivity contribution in [2.75, 3.05) is 7.11 Å². The molecule has 47 heavy (non-hydrogen) atoms. The van der Waals surface area contributed by atoms with Crippen molar-refractivity contribution in [3.63, 3.8) is 0 Å². The molecule has 1 spiro atoms. The number of hydrogen-bond acceptors (Lipinski definition) is 7. The lowest BCUT2D eigenvalue weighted by molar-refractivity contribution is -0.140. The molecule has 0 bridgehead atoms. The second-order valence-corrected chi connectivity index (χ2v) is 15.0. The normalized spacial score (nSPS) is 22.3. The van der Waals surface area contributed by atoms with Gasteiger partial charge in [0.25, 0.3) is 11.8 Å². The molecule has 254 valence electrons. The minimum atomic E-state index is -1.14. The van der Waals surface area contributed by atoms with Crippen molar-refractivity contribution < 1.29 is 28.7 Å². The smallest absolute Gasteiger partial charge is 0.289 e. The Morgan fingerprint density at radius 2 is 1.74 bits per heavy atom. The highest BCUT2D eigenvalue weighted by atomic mass is 32.2. The summed E-state index contributed by atoms with van der Waals surface area (Å²) >= 11 is 1.04. The summed E-state index contributed by atoms with van der Waals surface area (Å²) in [5.74, 6) is -1.87. The van der Waals surface area contributed by atoms with Gasteiger partial charge in [0.2, 0.25) is 17.6 Å². The molecule has 3 atom stereocenters. The van der Waals surface area contributed by atoms with Crippen molar-refractivity contribution in [1.29, 1.82) is 0 Å². The molecule has 6 rings (SSSR count). The summed E-state index contributed by atoms with van der Waals surface area (Å²) in [6.45, 7) is 0. The fraction of sp³-hybridized carbons (Fsp3) is 0.629. The van der Waals surface area contributed by atoms with Crippen LogP contribution in [-0.2, 0) is 19.2 Å². The molecule has 12 heteroatoms. The molecule has 5 N–H and O–H groups in total. The number of ketones is 1. The SMILES string of the molecule is COc1cccc2[nH]c(C(=O)NS[C@@H](CC3CCCCC3)C(=O)NC(CC3CC4(CCCCC4)NC3=O)C(=O)C(=O)NC3CC3)cc12. The van der Waals surface area contributed by atoms with Crippen molar-refractivity contribution in [2.45, 2.75) is 119 Å². The molecule has 3 saturated carbocycles. The summed E-state index contributed by atoms with van der Waals surface area (Å²) in [5.41, 5.74) is 0.833. The zero-order valence-electron chi connectivity index (χ0n) is 27.2. The standard InChI is InChI=1S/C35H47N5O6S/c1-46-28-12-8-11-25-24(28)19-27(37-25)32(43)40-47-29(17-21-9-4-2-5-10-21)33(44)38-26(30(41)34(45)36-23-13-14-23)18-22-20-35(39-31(22)42)15-6-3-7-16-35/h8,11-12,19,21-23,26,29,37H,2-7,9-10,13-18,20H2,1H3,(H,36,45)(H,38,44)(H,39,42)(H,40,43)/t22?,26?,29-/m0/s1. The van der Waals surface area contributed by atoms with Crippen LogP contribution in [0.2, 0.25) is 0 Å². The first-order chi connectivity index (χ1) is 22.7. The van der Waals surface area contributed by atoms with Crippen LogP contribution in [0.5, 0.6) is 5.75 Å². The highest BCUT2D eigenvalue weighted by molar-refractivity contribution is 7.99. The summed E-state index contributed by atoms with van der Waals surface area (Å²) in [4.78, 5) is 70.1.